The van der Waals surface area contributed by atoms with E-state index in [2.05, 4.69) is 9.97 Å². The first-order chi connectivity index (χ1) is 14.3. The summed E-state index contributed by atoms with van der Waals surface area (Å²) < 4.78 is 25.2. The van der Waals surface area contributed by atoms with Crippen LogP contribution in [0.25, 0.3) is 0 Å². The average molecular weight is 431 g/mol. The molecular formula is C21H26N4O4S. The van der Waals surface area contributed by atoms with Crippen LogP contribution in [0.15, 0.2) is 35.1 Å². The number of nitrogens with one attached hydrogen (secondary N) is 1. The Bertz CT molecular complexity index is 1110. The summed E-state index contributed by atoms with van der Waals surface area (Å²) in [5.41, 5.74) is 1.73. The minimum absolute atomic E-state index is 0.00170. The third-order valence-electron chi connectivity index (χ3n) is 6.05. The summed E-state index contributed by atoms with van der Waals surface area (Å²) >= 11 is 0. The molecule has 1 fully saturated rings. The van der Waals surface area contributed by atoms with Gasteiger partial charge in [0, 0.05) is 18.7 Å². The average Bonchev–Trinajstić information content (AvgIpc) is 3.22. The number of hydrogen-bond donors (Lipinski definition) is 1. The highest BCUT2D eigenvalue weighted by atomic mass is 32.2. The Morgan fingerprint density at radius 1 is 1.23 bits per heavy atom. The fourth-order valence-corrected chi connectivity index (χ4v) is 5.10. The number of H-pyrrole nitrogens is 1. The van der Waals surface area contributed by atoms with E-state index in [4.69, 9.17) is 0 Å². The molecule has 1 amide bonds. The predicted molar refractivity (Wildman–Crippen MR) is 112 cm³/mol. The number of likely N-dealkylation sites (tertiary alicyclic amines) is 1. The van der Waals surface area contributed by atoms with Crippen molar-refractivity contribution >= 4 is 15.9 Å². The van der Waals surface area contributed by atoms with E-state index in [0.29, 0.717) is 36.5 Å². The molecule has 4 rings (SSSR count). The lowest BCUT2D eigenvalue weighted by atomic mass is 9.99. The fourth-order valence-electron chi connectivity index (χ4n) is 4.32. The molecule has 1 saturated heterocycles. The molecule has 30 heavy (non-hydrogen) atoms. The van der Waals surface area contributed by atoms with E-state index in [1.807, 2.05) is 37.3 Å². The molecule has 0 saturated carbocycles. The molecule has 1 aromatic carbocycles. The monoisotopic (exact) mass is 430 g/mol. The van der Waals surface area contributed by atoms with Gasteiger partial charge >= 0.3 is 0 Å². The van der Waals surface area contributed by atoms with Gasteiger partial charge in [0.2, 0.25) is 15.9 Å². The van der Waals surface area contributed by atoms with Crippen molar-refractivity contribution in [1.82, 2.24) is 19.2 Å². The van der Waals surface area contributed by atoms with Crippen molar-refractivity contribution in [2.24, 2.45) is 0 Å². The van der Waals surface area contributed by atoms with Crippen molar-refractivity contribution in [3.63, 3.8) is 0 Å². The van der Waals surface area contributed by atoms with E-state index in [1.54, 1.807) is 4.90 Å². The Morgan fingerprint density at radius 2 is 1.97 bits per heavy atom. The van der Waals surface area contributed by atoms with Gasteiger partial charge in [0.15, 0.2) is 0 Å². The van der Waals surface area contributed by atoms with Gasteiger partial charge in [-0.15, -0.1) is 0 Å². The Balaban J connectivity index is 1.63. The van der Waals surface area contributed by atoms with E-state index in [-0.39, 0.29) is 36.5 Å². The molecule has 2 atom stereocenters. The Morgan fingerprint density at radius 3 is 2.67 bits per heavy atom. The van der Waals surface area contributed by atoms with Crippen LogP contribution in [0.4, 0.5) is 0 Å². The van der Waals surface area contributed by atoms with Crippen molar-refractivity contribution in [3.05, 3.63) is 63.3 Å². The lowest BCUT2D eigenvalue weighted by molar-refractivity contribution is -0.133. The zero-order valence-corrected chi connectivity index (χ0v) is 18.0. The topological polar surface area (TPSA) is 103 Å². The number of carbonyl (C=O) groups excluding carboxylic acids is 1. The summed E-state index contributed by atoms with van der Waals surface area (Å²) in [5.74, 6) is 0.152. The number of carbonyl (C=O) groups is 1. The molecule has 2 aliphatic rings. The first-order valence-corrected chi connectivity index (χ1v) is 12.0. The van der Waals surface area contributed by atoms with Gasteiger partial charge in [-0.3, -0.25) is 9.59 Å². The molecule has 160 valence electrons. The molecule has 2 aliphatic heterocycles. The molecular weight excluding hydrogens is 404 g/mol. The van der Waals surface area contributed by atoms with Crippen LogP contribution in [0.2, 0.25) is 0 Å². The Labute approximate surface area is 176 Å². The second-order valence-corrected chi connectivity index (χ2v) is 10.0. The minimum atomic E-state index is -3.36. The molecule has 0 radical (unpaired) electrons. The predicted octanol–water partition coefficient (Wildman–Crippen LogP) is 1.55. The zero-order chi connectivity index (χ0) is 21.5. The first kappa shape index (κ1) is 20.7. The van der Waals surface area contributed by atoms with Crippen LogP contribution >= 0.6 is 0 Å². The van der Waals surface area contributed by atoms with Crippen LogP contribution in [0.1, 0.15) is 54.4 Å². The largest absolute Gasteiger partial charge is 0.332 e. The Hall–Kier alpha value is -2.52. The van der Waals surface area contributed by atoms with E-state index in [9.17, 15) is 18.0 Å². The molecule has 9 heteroatoms. The van der Waals surface area contributed by atoms with Gasteiger partial charge in [-0.25, -0.2) is 13.4 Å². The van der Waals surface area contributed by atoms with Crippen LogP contribution in [0.5, 0.6) is 0 Å². The highest BCUT2D eigenvalue weighted by Crippen LogP contribution is 2.33. The van der Waals surface area contributed by atoms with Crippen molar-refractivity contribution in [1.29, 1.82) is 0 Å². The van der Waals surface area contributed by atoms with Gasteiger partial charge in [0.1, 0.15) is 5.82 Å². The van der Waals surface area contributed by atoms with E-state index >= 15 is 0 Å². The Kier molecular flexibility index (Phi) is 5.50. The smallest absolute Gasteiger partial charge is 0.254 e. The zero-order valence-electron chi connectivity index (χ0n) is 17.2. The number of rotatable bonds is 4. The fraction of sp³-hybridized carbons (Fsp3) is 0.476. The molecule has 8 nitrogen and oxygen atoms in total. The minimum Gasteiger partial charge on any atom is -0.332 e. The molecule has 1 aromatic heterocycles. The van der Waals surface area contributed by atoms with Gasteiger partial charge in [0.25, 0.3) is 5.56 Å². The summed E-state index contributed by atoms with van der Waals surface area (Å²) in [7, 11) is -3.36. The maximum absolute atomic E-state index is 13.2. The van der Waals surface area contributed by atoms with E-state index in [1.165, 1.54) is 4.31 Å². The van der Waals surface area contributed by atoms with Gasteiger partial charge in [-0.05, 0) is 31.7 Å². The molecule has 2 aromatic rings. The normalized spacial score (nSPS) is 20.7. The summed E-state index contributed by atoms with van der Waals surface area (Å²) in [6, 6.07) is 9.31. The van der Waals surface area contributed by atoms with Crippen molar-refractivity contribution in [2.45, 2.75) is 44.7 Å². The van der Waals surface area contributed by atoms with Crippen LogP contribution in [0, 0.1) is 0 Å². The highest BCUT2D eigenvalue weighted by molar-refractivity contribution is 7.88. The first-order valence-electron chi connectivity index (χ1n) is 10.2. The third kappa shape index (κ3) is 3.91. The van der Waals surface area contributed by atoms with E-state index < -0.39 is 10.0 Å². The number of sulfonamides is 1. The molecule has 0 bridgehead atoms. The third-order valence-corrected chi connectivity index (χ3v) is 7.30. The summed E-state index contributed by atoms with van der Waals surface area (Å²) in [6.07, 6.45) is 3.04. The van der Waals surface area contributed by atoms with E-state index in [0.717, 1.165) is 18.2 Å². The molecule has 0 spiro atoms. The molecule has 0 unspecified atom stereocenters. The van der Waals surface area contributed by atoms with Crippen LogP contribution < -0.4 is 5.56 Å². The summed E-state index contributed by atoms with van der Waals surface area (Å²) in [6.45, 7) is 2.86. The number of aromatic amines is 1. The SMILES string of the molecule is C[C@@H](C(=O)N1CCC[C@H]1c1nc2c(c(=O)[nH]1)CCN(S(C)(=O)=O)C2)c1ccccc1. The quantitative estimate of drug-likeness (QED) is 0.793. The molecule has 3 heterocycles. The second kappa shape index (κ2) is 7.96. The van der Waals surface area contributed by atoms with Gasteiger partial charge in [0.05, 0.1) is 30.5 Å². The lowest BCUT2D eigenvalue weighted by Gasteiger charge is -2.29. The number of amides is 1. The van der Waals surface area contributed by atoms with Crippen LogP contribution in [-0.4, -0.2) is 52.8 Å². The van der Waals surface area contributed by atoms with Crippen LogP contribution in [-0.2, 0) is 27.8 Å². The number of benzene rings is 1. The van der Waals surface area contributed by atoms with Crippen LogP contribution in [0.3, 0.4) is 0 Å². The maximum Gasteiger partial charge on any atom is 0.254 e. The van der Waals surface area contributed by atoms with Crippen molar-refractivity contribution in [3.8, 4) is 0 Å². The molecule has 1 N–H and O–H groups in total. The number of aromatic nitrogens is 2. The maximum atomic E-state index is 13.2. The van der Waals surface area contributed by atoms with Gasteiger partial charge in [-0.2, -0.15) is 4.31 Å². The standard InChI is InChI=1S/C21H26N4O4S/c1-14(15-7-4-3-5-8-15)21(27)25-11-6-9-18(25)19-22-17-13-24(30(2,28)29)12-10-16(17)20(26)23-19/h3-5,7-8,14,18H,6,9-13H2,1-2H3,(H,22,23,26)/t14-,18+/m1/s1. The highest BCUT2D eigenvalue weighted by Gasteiger charge is 2.35. The van der Waals surface area contributed by atoms with Crippen molar-refractivity contribution in [2.75, 3.05) is 19.3 Å². The summed E-state index contributed by atoms with van der Waals surface area (Å²) in [4.78, 5) is 35.2. The van der Waals surface area contributed by atoms with Gasteiger partial charge < -0.3 is 9.88 Å². The second-order valence-electron chi connectivity index (χ2n) is 8.04. The summed E-state index contributed by atoms with van der Waals surface area (Å²) in [5, 5.41) is 0. The van der Waals surface area contributed by atoms with Gasteiger partial charge in [-0.1, -0.05) is 30.3 Å². The van der Waals surface area contributed by atoms with Crippen molar-refractivity contribution < 1.29 is 13.2 Å². The number of hydrogen-bond acceptors (Lipinski definition) is 5. The number of nitrogens with zero attached hydrogens (tertiary/aromatic N) is 3. The lowest BCUT2D eigenvalue weighted by Crippen LogP contribution is -2.40. The molecule has 0 aliphatic carbocycles. The number of fused-ring (bicyclic) bond motifs is 1.